The molecule has 0 bridgehead atoms. The van der Waals surface area contributed by atoms with E-state index in [-0.39, 0.29) is 24.4 Å². The molecule has 1 N–H and O–H groups in total. The Morgan fingerprint density at radius 1 is 0.971 bits per heavy atom. The van der Waals surface area contributed by atoms with E-state index in [4.69, 9.17) is 9.47 Å². The third-order valence-corrected chi connectivity index (χ3v) is 7.02. The number of piperidine rings is 1. The molecule has 0 aliphatic carbocycles. The number of Topliss-reactive ketones (excluding diaryl/α,β-unsaturated/α-hetero) is 1. The lowest BCUT2D eigenvalue weighted by Gasteiger charge is -2.30. The van der Waals surface area contributed by atoms with Gasteiger partial charge in [-0.2, -0.15) is 0 Å². The molecule has 7 heteroatoms. The van der Waals surface area contributed by atoms with E-state index < -0.39 is 0 Å². The number of ether oxygens (including phenoxy) is 2. The zero-order chi connectivity index (χ0) is 24.4. The lowest BCUT2D eigenvalue weighted by molar-refractivity contribution is -0.121. The molecule has 0 spiro atoms. The maximum atomic E-state index is 13.2. The van der Waals surface area contributed by atoms with Crippen molar-refractivity contribution in [1.29, 1.82) is 0 Å². The molecule has 1 amide bonds. The number of carbonyl (C=O) groups is 2. The quantitative estimate of drug-likeness (QED) is 0.515. The van der Waals surface area contributed by atoms with Gasteiger partial charge in [-0.1, -0.05) is 24.3 Å². The normalized spacial score (nSPS) is 15.8. The highest BCUT2D eigenvalue weighted by molar-refractivity contribution is 5.99. The van der Waals surface area contributed by atoms with Crippen molar-refractivity contribution in [3.05, 3.63) is 77.1 Å². The Balaban J connectivity index is 1.17. The fourth-order valence-corrected chi connectivity index (χ4v) is 4.96. The van der Waals surface area contributed by atoms with Gasteiger partial charge in [-0.05, 0) is 75.7 Å². The monoisotopic (exact) mass is 473 g/mol. The minimum absolute atomic E-state index is 0.0201. The fourth-order valence-electron chi connectivity index (χ4n) is 4.96. The van der Waals surface area contributed by atoms with Crippen molar-refractivity contribution in [2.75, 3.05) is 31.7 Å². The van der Waals surface area contributed by atoms with E-state index in [1.54, 1.807) is 0 Å². The predicted molar refractivity (Wildman–Crippen MR) is 134 cm³/mol. The molecule has 7 nitrogen and oxygen atoms in total. The molecule has 1 saturated heterocycles. The summed E-state index contributed by atoms with van der Waals surface area (Å²) in [7, 11) is 0. The zero-order valence-electron chi connectivity index (χ0n) is 20.3. The minimum Gasteiger partial charge on any atom is -0.454 e. The maximum absolute atomic E-state index is 13.2. The van der Waals surface area contributed by atoms with Gasteiger partial charge in [-0.25, -0.2) is 0 Å². The van der Waals surface area contributed by atoms with Crippen LogP contribution in [-0.2, 0) is 11.3 Å². The molecule has 0 radical (unpaired) electrons. The van der Waals surface area contributed by atoms with Gasteiger partial charge in [0.25, 0.3) is 0 Å². The molecule has 1 fully saturated rings. The van der Waals surface area contributed by atoms with Crippen LogP contribution in [0.15, 0.2) is 54.6 Å². The average Bonchev–Trinajstić information content (AvgIpc) is 3.44. The van der Waals surface area contributed by atoms with Gasteiger partial charge in [0.1, 0.15) is 0 Å². The van der Waals surface area contributed by atoms with E-state index in [0.717, 1.165) is 65.6 Å². The van der Waals surface area contributed by atoms with Crippen LogP contribution < -0.4 is 14.8 Å². The van der Waals surface area contributed by atoms with Gasteiger partial charge in [0.05, 0.1) is 6.54 Å². The van der Waals surface area contributed by atoms with Gasteiger partial charge in [0, 0.05) is 35.1 Å². The number of fused-ring (bicyclic) bond motifs is 1. The number of benzene rings is 2. The van der Waals surface area contributed by atoms with Crippen LogP contribution in [0.3, 0.4) is 0 Å². The third kappa shape index (κ3) is 5.10. The van der Waals surface area contributed by atoms with Crippen LogP contribution in [0.25, 0.3) is 0 Å². The lowest BCUT2D eigenvalue weighted by atomic mass is 9.95. The summed E-state index contributed by atoms with van der Waals surface area (Å²) in [5.74, 6) is 1.71. The van der Waals surface area contributed by atoms with Gasteiger partial charge in [0.15, 0.2) is 17.3 Å². The molecular formula is C28H31N3O4. The van der Waals surface area contributed by atoms with Crippen molar-refractivity contribution in [3.8, 4) is 11.5 Å². The van der Waals surface area contributed by atoms with Gasteiger partial charge in [-0.15, -0.1) is 0 Å². The second-order valence-electron chi connectivity index (χ2n) is 9.39. The van der Waals surface area contributed by atoms with Crippen LogP contribution in [0.5, 0.6) is 11.5 Å². The molecule has 1 aromatic heterocycles. The highest BCUT2D eigenvalue weighted by atomic mass is 16.7. The van der Waals surface area contributed by atoms with Crippen molar-refractivity contribution in [2.45, 2.75) is 33.2 Å². The summed E-state index contributed by atoms with van der Waals surface area (Å²) in [6.45, 7) is 6.84. The van der Waals surface area contributed by atoms with Crippen LogP contribution in [0.2, 0.25) is 0 Å². The zero-order valence-corrected chi connectivity index (χ0v) is 20.3. The second kappa shape index (κ2) is 9.96. The van der Waals surface area contributed by atoms with Crippen molar-refractivity contribution in [2.24, 2.45) is 5.92 Å². The van der Waals surface area contributed by atoms with Crippen molar-refractivity contribution < 1.29 is 19.1 Å². The van der Waals surface area contributed by atoms with Crippen LogP contribution in [0.1, 0.15) is 40.2 Å². The van der Waals surface area contributed by atoms with Gasteiger partial charge in [-0.3, -0.25) is 14.5 Å². The number of likely N-dealkylation sites (tertiary alicyclic amines) is 1. The first-order valence-corrected chi connectivity index (χ1v) is 12.1. The number of nitrogens with zero attached hydrogens (tertiary/aromatic N) is 2. The molecule has 3 heterocycles. The number of hydrogen-bond donors (Lipinski definition) is 1. The standard InChI is InChI=1S/C28H31N3O4/c1-19-14-24(20(2)31(19)16-21-8-9-26-27(15-21)35-18-34-26)25(32)17-30-12-10-22(11-13-30)28(33)29-23-6-4-3-5-7-23/h3-9,14-15,22H,10-13,16-18H2,1-2H3,(H,29,33). The number of rotatable bonds is 7. The molecule has 0 atom stereocenters. The summed E-state index contributed by atoms with van der Waals surface area (Å²) in [5.41, 5.74) is 4.73. The molecule has 3 aromatic rings. The van der Waals surface area contributed by atoms with Crippen LogP contribution in [0.4, 0.5) is 5.69 Å². The van der Waals surface area contributed by atoms with Crippen molar-refractivity contribution >= 4 is 17.4 Å². The third-order valence-electron chi connectivity index (χ3n) is 7.02. The van der Waals surface area contributed by atoms with E-state index in [9.17, 15) is 9.59 Å². The fraction of sp³-hybridized carbons (Fsp3) is 0.357. The largest absolute Gasteiger partial charge is 0.454 e. The van der Waals surface area contributed by atoms with Crippen LogP contribution >= 0.6 is 0 Å². The molecular weight excluding hydrogens is 442 g/mol. The van der Waals surface area contributed by atoms with Crippen LogP contribution in [0, 0.1) is 19.8 Å². The molecule has 2 aliphatic rings. The highest BCUT2D eigenvalue weighted by Gasteiger charge is 2.27. The molecule has 0 saturated carbocycles. The van der Waals surface area contributed by atoms with E-state index in [0.29, 0.717) is 13.1 Å². The summed E-state index contributed by atoms with van der Waals surface area (Å²) in [5, 5.41) is 3.00. The number of para-hydroxylation sites is 1. The summed E-state index contributed by atoms with van der Waals surface area (Å²) in [6, 6.07) is 17.5. The molecule has 2 aromatic carbocycles. The maximum Gasteiger partial charge on any atom is 0.231 e. The van der Waals surface area contributed by atoms with Gasteiger partial charge in [0.2, 0.25) is 12.7 Å². The number of ketones is 1. The first-order chi connectivity index (χ1) is 17.0. The summed E-state index contributed by atoms with van der Waals surface area (Å²) < 4.78 is 13.1. The number of aryl methyl sites for hydroxylation is 1. The average molecular weight is 474 g/mol. The molecule has 5 rings (SSSR count). The topological polar surface area (TPSA) is 72.8 Å². The molecule has 0 unspecified atom stereocenters. The Hall–Kier alpha value is -3.58. The van der Waals surface area contributed by atoms with Gasteiger partial charge < -0.3 is 19.4 Å². The Bertz CT molecular complexity index is 1230. The minimum atomic E-state index is -0.0201. The molecule has 182 valence electrons. The number of aromatic nitrogens is 1. The van der Waals surface area contributed by atoms with Crippen LogP contribution in [-0.4, -0.2) is 47.6 Å². The Morgan fingerprint density at radius 3 is 2.49 bits per heavy atom. The smallest absolute Gasteiger partial charge is 0.231 e. The van der Waals surface area contributed by atoms with E-state index in [1.165, 1.54) is 0 Å². The number of amides is 1. The van der Waals surface area contributed by atoms with E-state index in [2.05, 4.69) is 14.8 Å². The number of hydrogen-bond acceptors (Lipinski definition) is 5. The number of anilines is 1. The summed E-state index contributed by atoms with van der Waals surface area (Å²) >= 11 is 0. The summed E-state index contributed by atoms with van der Waals surface area (Å²) in [6.07, 6.45) is 1.52. The van der Waals surface area contributed by atoms with Crippen molar-refractivity contribution in [3.63, 3.8) is 0 Å². The van der Waals surface area contributed by atoms with Crippen molar-refractivity contribution in [1.82, 2.24) is 9.47 Å². The molecule has 35 heavy (non-hydrogen) atoms. The highest BCUT2D eigenvalue weighted by Crippen LogP contribution is 2.33. The lowest BCUT2D eigenvalue weighted by Crippen LogP contribution is -2.40. The summed E-state index contributed by atoms with van der Waals surface area (Å²) in [4.78, 5) is 28.0. The molecule has 2 aliphatic heterocycles. The predicted octanol–water partition coefficient (Wildman–Crippen LogP) is 4.42. The Morgan fingerprint density at radius 2 is 1.71 bits per heavy atom. The SMILES string of the molecule is Cc1cc(C(=O)CN2CCC(C(=O)Nc3ccccc3)CC2)c(C)n1Cc1ccc2c(c1)OCO2. The van der Waals surface area contributed by atoms with E-state index >= 15 is 0 Å². The second-order valence-corrected chi connectivity index (χ2v) is 9.39. The first kappa shape index (κ1) is 23.2. The van der Waals surface area contributed by atoms with Gasteiger partial charge >= 0.3 is 0 Å². The first-order valence-electron chi connectivity index (χ1n) is 12.1. The Labute approximate surface area is 205 Å². The number of carbonyl (C=O) groups excluding carboxylic acids is 2. The number of nitrogens with one attached hydrogen (secondary N) is 1. The van der Waals surface area contributed by atoms with E-state index in [1.807, 2.05) is 68.4 Å². The Kier molecular flexibility index (Phi) is 6.59.